The average Bonchev–Trinajstić information content (AvgIpc) is 2.91. The number of nitrogens with zero attached hydrogens (tertiary/aromatic N) is 2. The van der Waals surface area contributed by atoms with E-state index in [9.17, 15) is 19.7 Å². The highest BCUT2D eigenvalue weighted by molar-refractivity contribution is 7.17. The summed E-state index contributed by atoms with van der Waals surface area (Å²) >= 11 is 1.44. The van der Waals surface area contributed by atoms with Gasteiger partial charge < -0.3 is 5.32 Å². The van der Waals surface area contributed by atoms with Crippen molar-refractivity contribution in [2.45, 2.75) is 46.0 Å². The molecule has 0 radical (unpaired) electrons. The van der Waals surface area contributed by atoms with E-state index in [0.717, 1.165) is 48.3 Å². The molecule has 2 aromatic rings. The third-order valence-corrected chi connectivity index (χ3v) is 6.00. The number of anilines is 1. The van der Waals surface area contributed by atoms with Gasteiger partial charge in [-0.25, -0.2) is 5.43 Å². The van der Waals surface area contributed by atoms with Gasteiger partial charge in [0.1, 0.15) is 5.00 Å². The van der Waals surface area contributed by atoms with E-state index < -0.39 is 4.92 Å². The highest BCUT2D eigenvalue weighted by Crippen LogP contribution is 2.37. The number of nitro groups is 1. The third-order valence-electron chi connectivity index (χ3n) is 4.80. The largest absolute Gasteiger partial charge is 0.313 e. The number of amides is 2. The topological polar surface area (TPSA) is 114 Å². The second kappa shape index (κ2) is 10.1. The van der Waals surface area contributed by atoms with Crippen LogP contribution in [-0.2, 0) is 17.6 Å². The van der Waals surface area contributed by atoms with Gasteiger partial charge in [-0.15, -0.1) is 11.3 Å². The van der Waals surface area contributed by atoms with Gasteiger partial charge in [0.05, 0.1) is 10.5 Å². The molecule has 0 bridgehead atoms. The predicted molar refractivity (Wildman–Crippen MR) is 123 cm³/mol. The first-order chi connectivity index (χ1) is 14.8. The van der Waals surface area contributed by atoms with Crippen LogP contribution in [0.5, 0.6) is 0 Å². The lowest BCUT2D eigenvalue weighted by Gasteiger charge is -2.07. The number of hydrogen-bond acceptors (Lipinski definition) is 6. The monoisotopic (exact) mass is 440 g/mol. The standard InChI is InChI=1S/C22H24N4O4S/c1-14(2)24-25-21(28)20-17-6-4-3-5-7-18(17)31-22(20)23-19(27)13-10-15-8-11-16(12-9-15)26(29)30/h8-13H,3-7H2,1-2H3,(H,23,27)(H,25,28)/b13-10-. The van der Waals surface area contributed by atoms with Gasteiger partial charge in [0.15, 0.2) is 0 Å². The summed E-state index contributed by atoms with van der Waals surface area (Å²) in [6.07, 6.45) is 7.81. The molecule has 162 valence electrons. The summed E-state index contributed by atoms with van der Waals surface area (Å²) in [4.78, 5) is 36.8. The number of carbonyl (C=O) groups excluding carboxylic acids is 2. The second-order valence-corrected chi connectivity index (χ2v) is 8.54. The van der Waals surface area contributed by atoms with Gasteiger partial charge in [0.2, 0.25) is 5.91 Å². The number of non-ortho nitro benzene ring substituents is 1. The lowest BCUT2D eigenvalue weighted by atomic mass is 10.1. The van der Waals surface area contributed by atoms with Crippen LogP contribution in [0.4, 0.5) is 10.7 Å². The van der Waals surface area contributed by atoms with Crippen molar-refractivity contribution in [2.75, 3.05) is 5.32 Å². The molecule has 0 saturated carbocycles. The Balaban J connectivity index is 1.80. The van der Waals surface area contributed by atoms with E-state index in [1.165, 1.54) is 29.5 Å². The molecule has 1 aromatic heterocycles. The van der Waals surface area contributed by atoms with Gasteiger partial charge in [0.25, 0.3) is 11.6 Å². The number of fused-ring (bicyclic) bond motifs is 1. The van der Waals surface area contributed by atoms with Gasteiger partial charge >= 0.3 is 0 Å². The molecule has 0 aliphatic heterocycles. The van der Waals surface area contributed by atoms with Crippen LogP contribution in [0.2, 0.25) is 0 Å². The van der Waals surface area contributed by atoms with E-state index in [4.69, 9.17) is 0 Å². The van der Waals surface area contributed by atoms with E-state index >= 15 is 0 Å². The summed E-state index contributed by atoms with van der Waals surface area (Å²) in [7, 11) is 0. The molecule has 1 aromatic carbocycles. The fourth-order valence-electron chi connectivity index (χ4n) is 3.32. The first-order valence-electron chi connectivity index (χ1n) is 10.0. The molecule has 1 aliphatic carbocycles. The Kier molecular flexibility index (Phi) is 7.30. The number of rotatable bonds is 6. The number of hydrogen-bond donors (Lipinski definition) is 2. The molecule has 9 heteroatoms. The molecule has 2 amide bonds. The summed E-state index contributed by atoms with van der Waals surface area (Å²) in [5.74, 6) is -0.700. The van der Waals surface area contributed by atoms with E-state index in [2.05, 4.69) is 15.8 Å². The van der Waals surface area contributed by atoms with Gasteiger partial charge in [-0.3, -0.25) is 19.7 Å². The van der Waals surface area contributed by atoms with Crippen LogP contribution in [0.3, 0.4) is 0 Å². The van der Waals surface area contributed by atoms with Crippen molar-refractivity contribution < 1.29 is 14.5 Å². The zero-order valence-electron chi connectivity index (χ0n) is 17.4. The van der Waals surface area contributed by atoms with Crippen molar-refractivity contribution in [1.29, 1.82) is 0 Å². The SMILES string of the molecule is CC(C)=NNC(=O)c1c(NC(=O)/C=C\c2ccc([N+](=O)[O-])cc2)sc2c1CCCCC2. The van der Waals surface area contributed by atoms with E-state index in [1.54, 1.807) is 32.1 Å². The van der Waals surface area contributed by atoms with Crippen LogP contribution >= 0.6 is 11.3 Å². The average molecular weight is 441 g/mol. The van der Waals surface area contributed by atoms with Crippen molar-refractivity contribution in [2.24, 2.45) is 5.10 Å². The maximum absolute atomic E-state index is 12.8. The minimum absolute atomic E-state index is 0.0117. The molecule has 0 saturated heterocycles. The molecule has 0 unspecified atom stereocenters. The molecule has 0 atom stereocenters. The number of nitro benzene ring substituents is 1. The smallest absolute Gasteiger partial charge is 0.274 e. The second-order valence-electron chi connectivity index (χ2n) is 7.44. The van der Waals surface area contributed by atoms with Crippen molar-refractivity contribution >= 4 is 45.6 Å². The van der Waals surface area contributed by atoms with E-state index in [0.29, 0.717) is 16.1 Å². The molecule has 1 heterocycles. The fourth-order valence-corrected chi connectivity index (χ4v) is 4.61. The van der Waals surface area contributed by atoms with Crippen molar-refractivity contribution in [1.82, 2.24) is 5.43 Å². The van der Waals surface area contributed by atoms with Crippen LogP contribution < -0.4 is 10.7 Å². The summed E-state index contributed by atoms with van der Waals surface area (Å²) in [6, 6.07) is 5.90. The van der Waals surface area contributed by atoms with Crippen molar-refractivity contribution in [3.63, 3.8) is 0 Å². The van der Waals surface area contributed by atoms with Gasteiger partial charge in [-0.2, -0.15) is 5.10 Å². The minimum Gasteiger partial charge on any atom is -0.313 e. The predicted octanol–water partition coefficient (Wildman–Crippen LogP) is 4.70. The molecule has 1 aliphatic rings. The van der Waals surface area contributed by atoms with Gasteiger partial charge in [0, 0.05) is 28.8 Å². The normalized spacial score (nSPS) is 13.2. The molecule has 8 nitrogen and oxygen atoms in total. The maximum atomic E-state index is 12.8. The van der Waals surface area contributed by atoms with E-state index in [1.807, 2.05) is 0 Å². The molecule has 0 spiro atoms. The fraction of sp³-hybridized carbons (Fsp3) is 0.318. The van der Waals surface area contributed by atoms with Crippen LogP contribution in [-0.4, -0.2) is 22.4 Å². The molecule has 3 rings (SSSR count). The quantitative estimate of drug-likeness (QED) is 0.223. The minimum atomic E-state index is -0.475. The van der Waals surface area contributed by atoms with Crippen molar-refractivity contribution in [3.8, 4) is 0 Å². The summed E-state index contributed by atoms with van der Waals surface area (Å²) in [5, 5.41) is 18.1. The number of thiophene rings is 1. The Morgan fingerprint density at radius 1 is 1.13 bits per heavy atom. The Labute approximate surface area is 184 Å². The zero-order valence-corrected chi connectivity index (χ0v) is 18.3. The third kappa shape index (κ3) is 5.85. The first kappa shape index (κ1) is 22.4. The Hall–Kier alpha value is -3.33. The number of nitrogens with one attached hydrogen (secondary N) is 2. The molecule has 2 N–H and O–H groups in total. The molecular formula is C22H24N4O4S. The Morgan fingerprint density at radius 3 is 2.52 bits per heavy atom. The van der Waals surface area contributed by atoms with Crippen LogP contribution in [0.1, 0.15) is 59.5 Å². The number of carbonyl (C=O) groups is 2. The van der Waals surface area contributed by atoms with E-state index in [-0.39, 0.29) is 17.5 Å². The van der Waals surface area contributed by atoms with Crippen LogP contribution in [0.15, 0.2) is 35.4 Å². The Bertz CT molecular complexity index is 1050. The Morgan fingerprint density at radius 2 is 1.84 bits per heavy atom. The maximum Gasteiger partial charge on any atom is 0.274 e. The van der Waals surface area contributed by atoms with Crippen LogP contribution in [0, 0.1) is 10.1 Å². The zero-order chi connectivity index (χ0) is 22.4. The molecule has 31 heavy (non-hydrogen) atoms. The summed E-state index contributed by atoms with van der Waals surface area (Å²) < 4.78 is 0. The van der Waals surface area contributed by atoms with Crippen molar-refractivity contribution in [3.05, 3.63) is 62.0 Å². The number of hydrazone groups is 1. The van der Waals surface area contributed by atoms with Gasteiger partial charge in [-0.1, -0.05) is 6.42 Å². The summed E-state index contributed by atoms with van der Waals surface area (Å²) in [6.45, 7) is 3.58. The van der Waals surface area contributed by atoms with Gasteiger partial charge in [-0.05, 0) is 68.9 Å². The molecule has 0 fully saturated rings. The number of aryl methyl sites for hydroxylation is 1. The summed E-state index contributed by atoms with van der Waals surface area (Å²) in [5.41, 5.74) is 5.44. The highest BCUT2D eigenvalue weighted by atomic mass is 32.1. The molecular weight excluding hydrogens is 416 g/mol. The van der Waals surface area contributed by atoms with Crippen LogP contribution in [0.25, 0.3) is 6.08 Å². The lowest BCUT2D eigenvalue weighted by molar-refractivity contribution is -0.384. The first-order valence-corrected chi connectivity index (χ1v) is 10.9. The lowest BCUT2D eigenvalue weighted by Crippen LogP contribution is -2.21. The number of benzene rings is 1. The highest BCUT2D eigenvalue weighted by Gasteiger charge is 2.25.